The van der Waals surface area contributed by atoms with Crippen molar-refractivity contribution in [2.75, 3.05) is 16.8 Å². The minimum Gasteiger partial charge on any atom is -0.379 e. The lowest BCUT2D eigenvalue weighted by Gasteiger charge is -2.12. The minimum atomic E-state index is 0.648. The molecule has 0 amide bonds. The second kappa shape index (κ2) is 4.26. The zero-order valence-electron chi connectivity index (χ0n) is 8.79. The fraction of sp³-hybridized carbons (Fsp3) is 0.700. The molecule has 2 rings (SSSR count). The highest BCUT2D eigenvalue weighted by Crippen LogP contribution is 2.23. The maximum atomic E-state index is 4.28. The largest absolute Gasteiger partial charge is 0.379 e. The molecule has 1 aromatic heterocycles. The maximum Gasteiger partial charge on any atom is 0.0761 e. The first-order valence-electron chi connectivity index (χ1n) is 5.16. The van der Waals surface area contributed by atoms with Crippen molar-refractivity contribution < 1.29 is 0 Å². The van der Waals surface area contributed by atoms with E-state index in [9.17, 15) is 0 Å². The quantitative estimate of drug-likeness (QED) is 0.828. The van der Waals surface area contributed by atoms with Crippen LogP contribution in [0.3, 0.4) is 0 Å². The average Bonchev–Trinajstić information content (AvgIpc) is 2.77. The van der Waals surface area contributed by atoms with Crippen molar-refractivity contribution >= 4 is 17.4 Å². The van der Waals surface area contributed by atoms with Crippen LogP contribution in [0.15, 0.2) is 6.20 Å². The van der Waals surface area contributed by atoms with Crippen molar-refractivity contribution in [3.8, 4) is 0 Å². The molecule has 0 aliphatic carbocycles. The fourth-order valence-electron chi connectivity index (χ4n) is 1.87. The van der Waals surface area contributed by atoms with Gasteiger partial charge in [0.25, 0.3) is 0 Å². The summed E-state index contributed by atoms with van der Waals surface area (Å²) < 4.78 is 1.96. The van der Waals surface area contributed by atoms with Crippen LogP contribution in [0.5, 0.6) is 0 Å². The van der Waals surface area contributed by atoms with Gasteiger partial charge in [-0.3, -0.25) is 4.68 Å². The third-order valence-electron chi connectivity index (χ3n) is 2.69. The molecule has 0 aromatic carbocycles. The first-order valence-corrected chi connectivity index (χ1v) is 6.32. The summed E-state index contributed by atoms with van der Waals surface area (Å²) in [6.07, 6.45) is 4.27. The van der Waals surface area contributed by atoms with Gasteiger partial charge in [-0.15, -0.1) is 0 Å². The van der Waals surface area contributed by atoms with Crippen molar-refractivity contribution in [3.05, 3.63) is 11.9 Å². The van der Waals surface area contributed by atoms with Gasteiger partial charge in [-0.05, 0) is 18.6 Å². The van der Waals surface area contributed by atoms with E-state index in [2.05, 4.69) is 17.3 Å². The summed E-state index contributed by atoms with van der Waals surface area (Å²) in [6.45, 7) is 2.17. The fourth-order valence-corrected chi connectivity index (χ4v) is 3.02. The lowest BCUT2D eigenvalue weighted by Crippen LogP contribution is -2.18. The van der Waals surface area contributed by atoms with Gasteiger partial charge in [0.15, 0.2) is 0 Å². The Morgan fingerprint density at radius 1 is 1.71 bits per heavy atom. The predicted molar refractivity (Wildman–Crippen MR) is 61.9 cm³/mol. The summed E-state index contributed by atoms with van der Waals surface area (Å²) in [7, 11) is 2.01. The molecular formula is C10H17N3S. The molecule has 2 heterocycles. The number of aromatic nitrogens is 2. The normalized spacial score (nSPS) is 21.4. The van der Waals surface area contributed by atoms with Gasteiger partial charge in [0, 0.05) is 18.8 Å². The van der Waals surface area contributed by atoms with Gasteiger partial charge < -0.3 is 5.32 Å². The van der Waals surface area contributed by atoms with Gasteiger partial charge in [-0.2, -0.15) is 16.9 Å². The number of hydrogen-bond acceptors (Lipinski definition) is 3. The predicted octanol–water partition coefficient (Wildman–Crippen LogP) is 1.90. The number of aryl methyl sites for hydroxylation is 1. The third-order valence-corrected chi connectivity index (χ3v) is 3.85. The molecule has 1 atom stereocenters. The van der Waals surface area contributed by atoms with E-state index in [0.29, 0.717) is 6.04 Å². The Morgan fingerprint density at radius 3 is 3.21 bits per heavy atom. The van der Waals surface area contributed by atoms with Crippen molar-refractivity contribution in [1.29, 1.82) is 0 Å². The zero-order valence-corrected chi connectivity index (χ0v) is 9.60. The molecule has 14 heavy (non-hydrogen) atoms. The molecule has 4 heteroatoms. The smallest absolute Gasteiger partial charge is 0.0761 e. The molecule has 1 aliphatic rings. The van der Waals surface area contributed by atoms with Crippen LogP contribution in [0, 0.1) is 0 Å². The standard InChI is InChI=1S/C10H17N3S/c1-3-10-9(6-11-13(10)2)12-8-4-5-14-7-8/h6,8,12H,3-5,7H2,1-2H3. The van der Waals surface area contributed by atoms with E-state index < -0.39 is 0 Å². The molecule has 1 aromatic rings. The van der Waals surface area contributed by atoms with Crippen molar-refractivity contribution in [2.24, 2.45) is 7.05 Å². The molecular weight excluding hydrogens is 194 g/mol. The lowest BCUT2D eigenvalue weighted by molar-refractivity contribution is 0.717. The number of nitrogens with one attached hydrogen (secondary N) is 1. The summed E-state index contributed by atoms with van der Waals surface area (Å²) in [6, 6.07) is 0.648. The number of anilines is 1. The molecule has 1 saturated heterocycles. The molecule has 0 radical (unpaired) electrons. The van der Waals surface area contributed by atoms with Gasteiger partial charge in [0.05, 0.1) is 17.6 Å². The van der Waals surface area contributed by atoms with Gasteiger partial charge in [0.1, 0.15) is 0 Å². The summed E-state index contributed by atoms with van der Waals surface area (Å²) in [5, 5.41) is 7.85. The topological polar surface area (TPSA) is 29.9 Å². The highest BCUT2D eigenvalue weighted by atomic mass is 32.2. The highest BCUT2D eigenvalue weighted by molar-refractivity contribution is 7.99. The Balaban J connectivity index is 2.07. The number of nitrogens with zero attached hydrogens (tertiary/aromatic N) is 2. The van der Waals surface area contributed by atoms with Crippen molar-refractivity contribution in [3.63, 3.8) is 0 Å². The van der Waals surface area contributed by atoms with Crippen LogP contribution in [-0.4, -0.2) is 27.3 Å². The van der Waals surface area contributed by atoms with E-state index in [1.54, 1.807) is 0 Å². The average molecular weight is 211 g/mol. The van der Waals surface area contributed by atoms with Crippen LogP contribution in [-0.2, 0) is 13.5 Å². The van der Waals surface area contributed by atoms with Crippen molar-refractivity contribution in [1.82, 2.24) is 9.78 Å². The van der Waals surface area contributed by atoms with Gasteiger partial charge in [0.2, 0.25) is 0 Å². The Morgan fingerprint density at radius 2 is 2.57 bits per heavy atom. The minimum absolute atomic E-state index is 0.648. The van der Waals surface area contributed by atoms with Crippen LogP contribution in [0.2, 0.25) is 0 Å². The van der Waals surface area contributed by atoms with Crippen LogP contribution in [0.4, 0.5) is 5.69 Å². The van der Waals surface area contributed by atoms with E-state index in [1.807, 2.05) is 29.7 Å². The second-order valence-corrected chi connectivity index (χ2v) is 4.84. The monoisotopic (exact) mass is 211 g/mol. The number of hydrogen-bond donors (Lipinski definition) is 1. The Labute approximate surface area is 89.3 Å². The van der Waals surface area contributed by atoms with Crippen LogP contribution < -0.4 is 5.32 Å². The summed E-state index contributed by atoms with van der Waals surface area (Å²) in [5.74, 6) is 2.53. The molecule has 1 N–H and O–H groups in total. The first-order chi connectivity index (χ1) is 6.81. The van der Waals surface area contributed by atoms with E-state index in [1.165, 1.54) is 29.3 Å². The molecule has 0 bridgehead atoms. The number of rotatable bonds is 3. The maximum absolute atomic E-state index is 4.28. The van der Waals surface area contributed by atoms with E-state index in [-0.39, 0.29) is 0 Å². The number of thioether (sulfide) groups is 1. The van der Waals surface area contributed by atoms with E-state index in [0.717, 1.165) is 6.42 Å². The molecule has 3 nitrogen and oxygen atoms in total. The van der Waals surface area contributed by atoms with Crippen LogP contribution in [0.25, 0.3) is 0 Å². The van der Waals surface area contributed by atoms with Crippen LogP contribution >= 0.6 is 11.8 Å². The Bertz CT molecular complexity index is 302. The summed E-state index contributed by atoms with van der Waals surface area (Å²) in [4.78, 5) is 0. The van der Waals surface area contributed by atoms with E-state index in [4.69, 9.17) is 0 Å². The highest BCUT2D eigenvalue weighted by Gasteiger charge is 2.17. The van der Waals surface area contributed by atoms with Gasteiger partial charge in [-0.25, -0.2) is 0 Å². The molecule has 1 aliphatic heterocycles. The first kappa shape index (κ1) is 9.90. The summed E-state index contributed by atoms with van der Waals surface area (Å²) >= 11 is 2.03. The summed E-state index contributed by atoms with van der Waals surface area (Å²) in [5.41, 5.74) is 2.53. The van der Waals surface area contributed by atoms with Gasteiger partial charge in [-0.1, -0.05) is 6.92 Å². The Hall–Kier alpha value is -0.640. The lowest BCUT2D eigenvalue weighted by atomic mass is 10.2. The van der Waals surface area contributed by atoms with Crippen LogP contribution in [0.1, 0.15) is 19.0 Å². The second-order valence-electron chi connectivity index (χ2n) is 3.69. The van der Waals surface area contributed by atoms with Gasteiger partial charge >= 0.3 is 0 Å². The molecule has 0 spiro atoms. The zero-order chi connectivity index (χ0) is 9.97. The van der Waals surface area contributed by atoms with Crippen molar-refractivity contribution in [2.45, 2.75) is 25.8 Å². The molecule has 78 valence electrons. The Kier molecular flexibility index (Phi) is 3.01. The van der Waals surface area contributed by atoms with E-state index >= 15 is 0 Å². The molecule has 1 fully saturated rings. The molecule has 1 unspecified atom stereocenters. The third kappa shape index (κ3) is 1.90. The SMILES string of the molecule is CCc1c(NC2CCSC2)cnn1C. The molecule has 0 saturated carbocycles.